The number of rotatable bonds is 1. The Bertz CT molecular complexity index is 295. The zero-order valence-electron chi connectivity index (χ0n) is 7.73. The molecule has 2 heterocycles. The number of nitrogens with zero attached hydrogens (tertiary/aromatic N) is 3. The monoisotopic (exact) mass is 305 g/mol. The van der Waals surface area contributed by atoms with Crippen LogP contribution in [0.3, 0.4) is 0 Å². The van der Waals surface area contributed by atoms with Gasteiger partial charge >= 0.3 is 0 Å². The van der Waals surface area contributed by atoms with Crippen LogP contribution in [0, 0.1) is 3.70 Å². The molecule has 1 N–H and O–H groups in total. The molecule has 0 saturated carbocycles. The van der Waals surface area contributed by atoms with E-state index in [9.17, 15) is 5.11 Å². The molecule has 1 aliphatic heterocycles. The summed E-state index contributed by atoms with van der Waals surface area (Å²) in [5.41, 5.74) is 0. The van der Waals surface area contributed by atoms with Crippen molar-refractivity contribution in [3.05, 3.63) is 15.8 Å². The standard InChI is InChI=1S/C9H12IN3O/c10-8-1-2-9(12-11-8)13-5-3-7(14)4-6-13/h1-2,7,14H,3-6H2. The van der Waals surface area contributed by atoms with Crippen LogP contribution >= 0.6 is 22.6 Å². The van der Waals surface area contributed by atoms with Gasteiger partial charge in [0.1, 0.15) is 3.70 Å². The second-order valence-electron chi connectivity index (χ2n) is 3.43. The maximum absolute atomic E-state index is 9.35. The van der Waals surface area contributed by atoms with Gasteiger partial charge in [-0.25, -0.2) is 0 Å². The zero-order valence-corrected chi connectivity index (χ0v) is 9.88. The summed E-state index contributed by atoms with van der Waals surface area (Å²) >= 11 is 2.14. The predicted molar refractivity (Wildman–Crippen MR) is 62.2 cm³/mol. The van der Waals surface area contributed by atoms with E-state index in [1.807, 2.05) is 12.1 Å². The second kappa shape index (κ2) is 4.39. The molecule has 0 atom stereocenters. The maximum Gasteiger partial charge on any atom is 0.151 e. The molecule has 0 unspecified atom stereocenters. The molecule has 1 aromatic heterocycles. The molecule has 0 aliphatic carbocycles. The van der Waals surface area contributed by atoms with E-state index in [1.165, 1.54) is 0 Å². The number of aliphatic hydroxyl groups is 1. The van der Waals surface area contributed by atoms with Crippen LogP contribution in [-0.4, -0.2) is 34.5 Å². The van der Waals surface area contributed by atoms with Crippen molar-refractivity contribution in [3.8, 4) is 0 Å². The summed E-state index contributed by atoms with van der Waals surface area (Å²) in [6.45, 7) is 1.74. The Balaban J connectivity index is 2.05. The van der Waals surface area contributed by atoms with Gasteiger partial charge in [0.2, 0.25) is 0 Å². The molecule has 5 heteroatoms. The first-order chi connectivity index (χ1) is 6.75. The molecule has 0 amide bonds. The molecule has 14 heavy (non-hydrogen) atoms. The van der Waals surface area contributed by atoms with Gasteiger partial charge in [-0.1, -0.05) is 0 Å². The number of hydrogen-bond acceptors (Lipinski definition) is 4. The summed E-state index contributed by atoms with van der Waals surface area (Å²) in [6, 6.07) is 3.93. The number of aromatic nitrogens is 2. The molecule has 0 radical (unpaired) electrons. The van der Waals surface area contributed by atoms with Crippen LogP contribution in [0.15, 0.2) is 12.1 Å². The SMILES string of the molecule is OC1CCN(c2ccc(I)nn2)CC1. The lowest BCUT2D eigenvalue weighted by molar-refractivity contribution is 0.145. The van der Waals surface area contributed by atoms with Crippen LogP contribution in [0.4, 0.5) is 5.82 Å². The number of aliphatic hydroxyl groups excluding tert-OH is 1. The van der Waals surface area contributed by atoms with Gasteiger partial charge in [-0.3, -0.25) is 0 Å². The van der Waals surface area contributed by atoms with E-state index in [0.29, 0.717) is 0 Å². The van der Waals surface area contributed by atoms with Gasteiger partial charge in [0.15, 0.2) is 5.82 Å². The van der Waals surface area contributed by atoms with Gasteiger partial charge in [0, 0.05) is 13.1 Å². The van der Waals surface area contributed by atoms with Gasteiger partial charge in [0.25, 0.3) is 0 Å². The average Bonchev–Trinajstić information content (AvgIpc) is 2.21. The number of hydrogen-bond donors (Lipinski definition) is 1. The van der Waals surface area contributed by atoms with Gasteiger partial charge < -0.3 is 10.0 Å². The molecule has 76 valence electrons. The largest absolute Gasteiger partial charge is 0.393 e. The maximum atomic E-state index is 9.35. The van der Waals surface area contributed by atoms with Crippen LogP contribution in [0.5, 0.6) is 0 Å². The third-order valence-corrected chi connectivity index (χ3v) is 2.98. The molecular weight excluding hydrogens is 293 g/mol. The van der Waals surface area contributed by atoms with Crippen LogP contribution in [0.2, 0.25) is 0 Å². The highest BCUT2D eigenvalue weighted by Crippen LogP contribution is 2.17. The Kier molecular flexibility index (Phi) is 3.17. The van der Waals surface area contributed by atoms with Crippen molar-refractivity contribution >= 4 is 28.4 Å². The van der Waals surface area contributed by atoms with E-state index < -0.39 is 0 Å². The highest BCUT2D eigenvalue weighted by Gasteiger charge is 2.17. The smallest absolute Gasteiger partial charge is 0.151 e. The minimum Gasteiger partial charge on any atom is -0.393 e. The summed E-state index contributed by atoms with van der Waals surface area (Å²) in [5.74, 6) is 0.914. The molecule has 4 nitrogen and oxygen atoms in total. The van der Waals surface area contributed by atoms with E-state index in [0.717, 1.165) is 35.4 Å². The van der Waals surface area contributed by atoms with Gasteiger partial charge in [-0.2, -0.15) is 0 Å². The molecular formula is C9H12IN3O. The summed E-state index contributed by atoms with van der Waals surface area (Å²) in [6.07, 6.45) is 1.52. The van der Waals surface area contributed by atoms with E-state index in [1.54, 1.807) is 0 Å². The third kappa shape index (κ3) is 2.33. The fourth-order valence-electron chi connectivity index (χ4n) is 1.57. The van der Waals surface area contributed by atoms with Crippen LogP contribution in [0.25, 0.3) is 0 Å². The van der Waals surface area contributed by atoms with Crippen molar-refractivity contribution in [1.82, 2.24) is 10.2 Å². The van der Waals surface area contributed by atoms with Crippen molar-refractivity contribution < 1.29 is 5.11 Å². The fourth-order valence-corrected chi connectivity index (χ4v) is 1.86. The Labute approximate surface area is 96.5 Å². The summed E-state index contributed by atoms with van der Waals surface area (Å²) in [7, 11) is 0. The van der Waals surface area contributed by atoms with Gasteiger partial charge in [-0.15, -0.1) is 10.2 Å². The summed E-state index contributed by atoms with van der Waals surface area (Å²) in [4.78, 5) is 2.16. The molecule has 1 aliphatic rings. The number of anilines is 1. The Hall–Kier alpha value is -0.430. The molecule has 0 bridgehead atoms. The molecule has 1 saturated heterocycles. The minimum atomic E-state index is -0.136. The van der Waals surface area contributed by atoms with Gasteiger partial charge in [-0.05, 0) is 47.6 Å². The fraction of sp³-hybridized carbons (Fsp3) is 0.556. The Morgan fingerprint density at radius 1 is 1.29 bits per heavy atom. The lowest BCUT2D eigenvalue weighted by Gasteiger charge is -2.29. The predicted octanol–water partition coefficient (Wildman–Crippen LogP) is 1.04. The second-order valence-corrected chi connectivity index (χ2v) is 4.54. The van der Waals surface area contributed by atoms with Crippen LogP contribution < -0.4 is 4.90 Å². The van der Waals surface area contributed by atoms with Crippen molar-refractivity contribution in [3.63, 3.8) is 0 Å². The highest BCUT2D eigenvalue weighted by atomic mass is 127. The van der Waals surface area contributed by atoms with E-state index in [2.05, 4.69) is 37.7 Å². The lowest BCUT2D eigenvalue weighted by atomic mass is 10.1. The third-order valence-electron chi connectivity index (χ3n) is 2.41. The van der Waals surface area contributed by atoms with Crippen molar-refractivity contribution in [2.45, 2.75) is 18.9 Å². The lowest BCUT2D eigenvalue weighted by Crippen LogP contribution is -2.36. The van der Waals surface area contributed by atoms with E-state index in [-0.39, 0.29) is 6.10 Å². The zero-order chi connectivity index (χ0) is 9.97. The molecule has 2 rings (SSSR count). The average molecular weight is 305 g/mol. The topological polar surface area (TPSA) is 49.2 Å². The van der Waals surface area contributed by atoms with E-state index in [4.69, 9.17) is 0 Å². The molecule has 0 aromatic carbocycles. The first-order valence-corrected chi connectivity index (χ1v) is 5.76. The summed E-state index contributed by atoms with van der Waals surface area (Å²) in [5, 5.41) is 17.5. The van der Waals surface area contributed by atoms with Crippen molar-refractivity contribution in [1.29, 1.82) is 0 Å². The molecule has 1 fully saturated rings. The first-order valence-electron chi connectivity index (χ1n) is 4.68. The van der Waals surface area contributed by atoms with Crippen molar-refractivity contribution in [2.75, 3.05) is 18.0 Å². The molecule has 0 spiro atoms. The van der Waals surface area contributed by atoms with Crippen LogP contribution in [0.1, 0.15) is 12.8 Å². The van der Waals surface area contributed by atoms with Gasteiger partial charge in [0.05, 0.1) is 6.10 Å². The summed E-state index contributed by atoms with van der Waals surface area (Å²) < 4.78 is 0.906. The number of halogens is 1. The van der Waals surface area contributed by atoms with Crippen LogP contribution in [-0.2, 0) is 0 Å². The highest BCUT2D eigenvalue weighted by molar-refractivity contribution is 14.1. The normalized spacial score (nSPS) is 18.6. The first kappa shape index (κ1) is 10.1. The Morgan fingerprint density at radius 3 is 2.57 bits per heavy atom. The minimum absolute atomic E-state index is 0.136. The van der Waals surface area contributed by atoms with E-state index >= 15 is 0 Å². The Morgan fingerprint density at radius 2 is 2.00 bits per heavy atom. The van der Waals surface area contributed by atoms with Crippen molar-refractivity contribution in [2.24, 2.45) is 0 Å². The number of piperidine rings is 1. The molecule has 1 aromatic rings. The quantitative estimate of drug-likeness (QED) is 0.788.